The van der Waals surface area contributed by atoms with Crippen molar-refractivity contribution in [1.82, 2.24) is 0 Å². The number of halogens is 1. The summed E-state index contributed by atoms with van der Waals surface area (Å²) in [6, 6.07) is 0. The normalized spacial score (nSPS) is 43.2. The lowest BCUT2D eigenvalue weighted by Crippen LogP contribution is -2.47. The summed E-state index contributed by atoms with van der Waals surface area (Å²) in [6.45, 7) is 5.53. The Morgan fingerprint density at radius 1 is 1.40 bits per heavy atom. The zero-order valence-corrected chi connectivity index (χ0v) is 10.8. The number of fused-ring (bicyclic) bond motifs is 2. The van der Waals surface area contributed by atoms with Crippen LogP contribution in [0.2, 0.25) is 0 Å². The van der Waals surface area contributed by atoms with Gasteiger partial charge in [-0.2, -0.15) is 0 Å². The molecule has 0 radical (unpaired) electrons. The Hall–Kier alpha value is 0.180. The molecule has 2 rings (SSSR count). The van der Waals surface area contributed by atoms with Crippen molar-refractivity contribution in [3.63, 3.8) is 0 Å². The second kappa shape index (κ2) is 2.70. The van der Waals surface area contributed by atoms with Gasteiger partial charge >= 0.3 is 7.60 Å². The van der Waals surface area contributed by atoms with E-state index in [0.29, 0.717) is 12.8 Å². The third-order valence-corrected chi connectivity index (χ3v) is 7.70. The maximum atomic E-state index is 11.7. The number of rotatable bonds is 1. The Balaban J connectivity index is 2.68. The van der Waals surface area contributed by atoms with E-state index in [1.165, 1.54) is 0 Å². The monoisotopic (exact) mass is 250 g/mol. The summed E-state index contributed by atoms with van der Waals surface area (Å²) in [5, 5.41) is 0. The van der Waals surface area contributed by atoms with E-state index in [1.54, 1.807) is 0 Å². The highest BCUT2D eigenvalue weighted by atomic mass is 35.5. The van der Waals surface area contributed by atoms with Gasteiger partial charge in [-0.1, -0.05) is 32.4 Å². The van der Waals surface area contributed by atoms with Crippen molar-refractivity contribution >= 4 is 19.2 Å². The van der Waals surface area contributed by atoms with E-state index < -0.39 is 23.0 Å². The molecule has 1 saturated carbocycles. The zero-order valence-electron chi connectivity index (χ0n) is 9.12. The van der Waals surface area contributed by atoms with Crippen molar-refractivity contribution in [2.45, 2.75) is 38.2 Å². The second-order valence-corrected chi connectivity index (χ2v) is 8.05. The Morgan fingerprint density at radius 2 is 1.93 bits per heavy atom. The van der Waals surface area contributed by atoms with Crippen LogP contribution in [0.5, 0.6) is 0 Å². The van der Waals surface area contributed by atoms with E-state index in [-0.39, 0.29) is 0 Å². The minimum Gasteiger partial charge on any atom is -0.323 e. The van der Waals surface area contributed by atoms with Crippen LogP contribution in [0, 0.1) is 10.8 Å². The molecule has 2 bridgehead atoms. The third-order valence-electron chi connectivity index (χ3n) is 4.21. The minimum absolute atomic E-state index is 0.508. The van der Waals surface area contributed by atoms with Gasteiger partial charge in [-0.25, -0.2) is 0 Å². The third kappa shape index (κ3) is 1.08. The van der Waals surface area contributed by atoms with Gasteiger partial charge in [0, 0.05) is 10.8 Å². The molecule has 0 aromatic rings. The molecule has 15 heavy (non-hydrogen) atoms. The van der Waals surface area contributed by atoms with Crippen LogP contribution in [0.15, 0.2) is 11.6 Å². The van der Waals surface area contributed by atoms with Crippen LogP contribution in [0.3, 0.4) is 0 Å². The quantitative estimate of drug-likeness (QED) is 0.427. The van der Waals surface area contributed by atoms with Gasteiger partial charge in [-0.05, 0) is 12.8 Å². The van der Waals surface area contributed by atoms with Gasteiger partial charge in [0.2, 0.25) is 0 Å². The number of hydrogen-bond donors (Lipinski definition) is 2. The zero-order chi connectivity index (χ0) is 11.7. The van der Waals surface area contributed by atoms with Gasteiger partial charge in [0.1, 0.15) is 0 Å². The predicted molar refractivity (Wildman–Crippen MR) is 59.8 cm³/mol. The SMILES string of the molecule is CC12CC=C(C1)C(C)(C)C2(Cl)P(=O)(O)O. The highest BCUT2D eigenvalue weighted by molar-refractivity contribution is 7.56. The highest BCUT2D eigenvalue weighted by Crippen LogP contribution is 2.79. The first kappa shape index (κ1) is 11.7. The van der Waals surface area contributed by atoms with Crippen LogP contribution >= 0.6 is 19.2 Å². The van der Waals surface area contributed by atoms with Crippen molar-refractivity contribution in [1.29, 1.82) is 0 Å². The number of hydrogen-bond acceptors (Lipinski definition) is 1. The lowest BCUT2D eigenvalue weighted by molar-refractivity contribution is 0.201. The molecule has 1 fully saturated rings. The van der Waals surface area contributed by atoms with E-state index in [0.717, 1.165) is 5.57 Å². The summed E-state index contributed by atoms with van der Waals surface area (Å²) in [7, 11) is -4.33. The fraction of sp³-hybridized carbons (Fsp3) is 0.800. The summed E-state index contributed by atoms with van der Waals surface area (Å²) < 4.78 is 10.3. The van der Waals surface area contributed by atoms with Crippen LogP contribution in [0.1, 0.15) is 33.6 Å². The molecule has 0 heterocycles. The highest BCUT2D eigenvalue weighted by Gasteiger charge is 2.73. The topological polar surface area (TPSA) is 57.5 Å². The van der Waals surface area contributed by atoms with E-state index >= 15 is 0 Å². The van der Waals surface area contributed by atoms with Crippen molar-refractivity contribution in [3.8, 4) is 0 Å². The van der Waals surface area contributed by atoms with Crippen LogP contribution < -0.4 is 0 Å². The van der Waals surface area contributed by atoms with Crippen LogP contribution in [0.4, 0.5) is 0 Å². The lowest BCUT2D eigenvalue weighted by atomic mass is 9.76. The first-order valence-corrected chi connectivity index (χ1v) is 6.99. The molecule has 2 atom stereocenters. The molecular weight excluding hydrogens is 235 g/mol. The molecule has 86 valence electrons. The molecule has 5 heteroatoms. The second-order valence-electron chi connectivity index (χ2n) is 5.46. The molecule has 2 unspecified atom stereocenters. The van der Waals surface area contributed by atoms with Crippen LogP contribution in [-0.2, 0) is 4.57 Å². The van der Waals surface area contributed by atoms with Crippen molar-refractivity contribution < 1.29 is 14.4 Å². The van der Waals surface area contributed by atoms with Crippen molar-refractivity contribution in [3.05, 3.63) is 11.6 Å². The fourth-order valence-corrected chi connectivity index (χ4v) is 5.34. The minimum atomic E-state index is -4.33. The van der Waals surface area contributed by atoms with Gasteiger partial charge in [-0.15, -0.1) is 11.6 Å². The Kier molecular flexibility index (Phi) is 2.10. The summed E-state index contributed by atoms with van der Waals surface area (Å²) in [5.41, 5.74) is -0.0455. The average molecular weight is 251 g/mol. The maximum absolute atomic E-state index is 11.7. The van der Waals surface area contributed by atoms with Gasteiger partial charge in [0.25, 0.3) is 0 Å². The smallest absolute Gasteiger partial charge is 0.323 e. The summed E-state index contributed by atoms with van der Waals surface area (Å²) in [5.74, 6) is 0. The van der Waals surface area contributed by atoms with E-state index in [1.807, 2.05) is 20.8 Å². The first-order valence-electron chi connectivity index (χ1n) is 5.00. The lowest BCUT2D eigenvalue weighted by Gasteiger charge is -2.47. The largest absolute Gasteiger partial charge is 0.347 e. The number of allylic oxidation sites excluding steroid dienone is 2. The molecular formula is C10H16ClO3P. The van der Waals surface area contributed by atoms with Gasteiger partial charge in [-0.3, -0.25) is 4.57 Å². The molecule has 0 saturated heterocycles. The molecule has 0 aliphatic heterocycles. The van der Waals surface area contributed by atoms with Gasteiger partial charge < -0.3 is 9.79 Å². The Morgan fingerprint density at radius 3 is 2.20 bits per heavy atom. The summed E-state index contributed by atoms with van der Waals surface area (Å²) in [4.78, 5) is 19.1. The van der Waals surface area contributed by atoms with E-state index in [2.05, 4.69) is 6.08 Å². The first-order chi connectivity index (χ1) is 6.56. The Bertz CT molecular complexity index is 397. The summed E-state index contributed by atoms with van der Waals surface area (Å²) >= 11 is 6.37. The molecule has 2 N–H and O–H groups in total. The standard InChI is InChI=1S/C10H16ClO3P/c1-8(2)7-4-5-9(3,6-7)10(8,11)15(12,13)14/h4H,5-6H2,1-3H3,(H2,12,13,14). The van der Waals surface area contributed by atoms with Crippen LogP contribution in [-0.4, -0.2) is 14.4 Å². The van der Waals surface area contributed by atoms with Crippen molar-refractivity contribution in [2.75, 3.05) is 0 Å². The van der Waals surface area contributed by atoms with E-state index in [9.17, 15) is 14.4 Å². The van der Waals surface area contributed by atoms with Gasteiger partial charge in [0.15, 0.2) is 4.62 Å². The number of alkyl halides is 1. The molecule has 0 amide bonds. The molecule has 3 nitrogen and oxygen atoms in total. The Labute approximate surface area is 94.7 Å². The maximum Gasteiger partial charge on any atom is 0.347 e. The fourth-order valence-electron chi connectivity index (χ4n) is 3.32. The van der Waals surface area contributed by atoms with E-state index in [4.69, 9.17) is 11.6 Å². The predicted octanol–water partition coefficient (Wildman–Crippen LogP) is 2.87. The molecule has 0 aromatic carbocycles. The van der Waals surface area contributed by atoms with Crippen molar-refractivity contribution in [2.24, 2.45) is 10.8 Å². The average Bonchev–Trinajstić information content (AvgIpc) is 2.50. The van der Waals surface area contributed by atoms with Crippen LogP contribution in [0.25, 0.3) is 0 Å². The summed E-state index contributed by atoms with van der Waals surface area (Å²) in [6.07, 6.45) is 3.45. The molecule has 2 aliphatic rings. The molecule has 0 spiro atoms. The molecule has 2 aliphatic carbocycles. The molecule has 0 aromatic heterocycles. The van der Waals surface area contributed by atoms with Gasteiger partial charge in [0.05, 0.1) is 0 Å².